The normalized spacial score (nSPS) is 19.5. The zero-order chi connectivity index (χ0) is 20.8. The molecule has 2 fully saturated rings. The van der Waals surface area contributed by atoms with Crippen LogP contribution in [0.4, 0.5) is 0 Å². The number of nitrogens with zero attached hydrogens (tertiary/aromatic N) is 3. The fraction of sp³-hybridized carbons (Fsp3) is 0.625. The van der Waals surface area contributed by atoms with Gasteiger partial charge in [-0.05, 0) is 57.8 Å². The highest BCUT2D eigenvalue weighted by Gasteiger charge is 2.38. The number of aromatic nitrogens is 2. The maximum atomic E-state index is 12.6. The van der Waals surface area contributed by atoms with Crippen molar-refractivity contribution in [3.8, 4) is 11.5 Å². The lowest BCUT2D eigenvalue weighted by Gasteiger charge is -2.48. The Hall–Kier alpha value is -2.21. The van der Waals surface area contributed by atoms with Gasteiger partial charge in [-0.25, -0.2) is 0 Å². The highest BCUT2D eigenvalue weighted by molar-refractivity contribution is 5.76. The Morgan fingerprint density at radius 1 is 1.03 bits per heavy atom. The number of hydrogen-bond acceptors (Lipinski definition) is 5. The van der Waals surface area contributed by atoms with Gasteiger partial charge < -0.3 is 9.73 Å². The molecular weight excluding hydrogens is 376 g/mol. The molecule has 30 heavy (non-hydrogen) atoms. The fourth-order valence-corrected chi connectivity index (χ4v) is 4.92. The van der Waals surface area contributed by atoms with Crippen LogP contribution >= 0.6 is 0 Å². The minimum Gasteiger partial charge on any atom is -0.421 e. The zero-order valence-electron chi connectivity index (χ0n) is 18.2. The number of likely N-dealkylation sites (tertiary alicyclic amines) is 1. The van der Waals surface area contributed by atoms with Gasteiger partial charge in [0.25, 0.3) is 0 Å². The third kappa shape index (κ3) is 5.09. The fourth-order valence-electron chi connectivity index (χ4n) is 4.92. The zero-order valence-corrected chi connectivity index (χ0v) is 18.2. The van der Waals surface area contributed by atoms with Gasteiger partial charge in [0.05, 0.1) is 0 Å². The van der Waals surface area contributed by atoms with Crippen molar-refractivity contribution < 1.29 is 9.21 Å². The summed E-state index contributed by atoms with van der Waals surface area (Å²) in [5.41, 5.74) is 2.26. The molecule has 1 saturated heterocycles. The standard InChI is InChI=1S/C24H34N4O2/c1-19-8-10-20(11-9-19)23-27-26-22(30-23)13-12-21(29)25-18-24(14-4-2-5-15-24)28-16-6-3-7-17-28/h8-11H,2-7,12-18H2,1H3,(H,25,29). The van der Waals surface area contributed by atoms with Gasteiger partial charge in [-0.3, -0.25) is 9.69 Å². The third-order valence-corrected chi connectivity index (χ3v) is 6.76. The van der Waals surface area contributed by atoms with E-state index in [1.807, 2.05) is 31.2 Å². The summed E-state index contributed by atoms with van der Waals surface area (Å²) in [5, 5.41) is 11.5. The second-order valence-electron chi connectivity index (χ2n) is 8.98. The predicted octanol–water partition coefficient (Wildman–Crippen LogP) is 4.28. The van der Waals surface area contributed by atoms with Gasteiger partial charge >= 0.3 is 0 Å². The molecule has 1 aliphatic heterocycles. The number of piperidine rings is 1. The molecule has 0 radical (unpaired) electrons. The summed E-state index contributed by atoms with van der Waals surface area (Å²) in [6, 6.07) is 8.00. The van der Waals surface area contributed by atoms with Gasteiger partial charge in [-0.2, -0.15) is 0 Å². The minimum atomic E-state index is 0.0760. The number of hydrogen-bond donors (Lipinski definition) is 1. The average molecular weight is 411 g/mol. The van der Waals surface area contributed by atoms with E-state index in [4.69, 9.17) is 4.42 Å². The number of aryl methyl sites for hydroxylation is 2. The van der Waals surface area contributed by atoms with Crippen LogP contribution in [0.5, 0.6) is 0 Å². The highest BCUT2D eigenvalue weighted by atomic mass is 16.4. The van der Waals surface area contributed by atoms with Crippen LogP contribution in [0.15, 0.2) is 28.7 Å². The van der Waals surface area contributed by atoms with Crippen LogP contribution in [0, 0.1) is 6.92 Å². The molecule has 0 bridgehead atoms. The van der Waals surface area contributed by atoms with Crippen molar-refractivity contribution >= 4 is 5.91 Å². The molecule has 2 heterocycles. The molecule has 6 heteroatoms. The molecule has 0 spiro atoms. The van der Waals surface area contributed by atoms with Crippen molar-refractivity contribution in [2.45, 2.75) is 76.7 Å². The summed E-state index contributed by atoms with van der Waals surface area (Å²) in [5.74, 6) is 1.10. The highest BCUT2D eigenvalue weighted by Crippen LogP contribution is 2.35. The summed E-state index contributed by atoms with van der Waals surface area (Å²) in [6.07, 6.45) is 11.1. The van der Waals surface area contributed by atoms with Gasteiger partial charge in [0.15, 0.2) is 0 Å². The summed E-state index contributed by atoms with van der Waals surface area (Å²) in [4.78, 5) is 15.2. The molecule has 1 N–H and O–H groups in total. The van der Waals surface area contributed by atoms with Crippen molar-refractivity contribution in [2.75, 3.05) is 19.6 Å². The van der Waals surface area contributed by atoms with Crippen LogP contribution in [0.2, 0.25) is 0 Å². The largest absolute Gasteiger partial charge is 0.421 e. The predicted molar refractivity (Wildman–Crippen MR) is 117 cm³/mol. The van der Waals surface area contributed by atoms with Crippen molar-refractivity contribution in [3.05, 3.63) is 35.7 Å². The van der Waals surface area contributed by atoms with Crippen molar-refractivity contribution in [3.63, 3.8) is 0 Å². The summed E-state index contributed by atoms with van der Waals surface area (Å²) in [7, 11) is 0. The summed E-state index contributed by atoms with van der Waals surface area (Å²) in [6.45, 7) is 5.17. The van der Waals surface area contributed by atoms with Crippen LogP contribution < -0.4 is 5.32 Å². The van der Waals surface area contributed by atoms with Crippen molar-refractivity contribution in [1.29, 1.82) is 0 Å². The van der Waals surface area contributed by atoms with E-state index in [-0.39, 0.29) is 11.4 Å². The first-order valence-corrected chi connectivity index (χ1v) is 11.6. The second kappa shape index (κ2) is 9.73. The van der Waals surface area contributed by atoms with E-state index in [1.54, 1.807) is 0 Å². The number of amides is 1. The molecular formula is C24H34N4O2. The van der Waals surface area contributed by atoms with Crippen LogP contribution in [0.1, 0.15) is 69.2 Å². The van der Waals surface area contributed by atoms with Gasteiger partial charge in [-0.1, -0.05) is 43.4 Å². The molecule has 2 aliphatic rings. The van der Waals surface area contributed by atoms with E-state index in [0.717, 1.165) is 12.1 Å². The molecule has 162 valence electrons. The SMILES string of the molecule is Cc1ccc(-c2nnc(CCC(=O)NCC3(N4CCCCC4)CCCCC3)o2)cc1. The monoisotopic (exact) mass is 410 g/mol. The number of benzene rings is 1. The Morgan fingerprint density at radius 3 is 2.47 bits per heavy atom. The van der Waals surface area contributed by atoms with E-state index in [0.29, 0.717) is 24.6 Å². The number of carbonyl (C=O) groups is 1. The lowest BCUT2D eigenvalue weighted by Crippen LogP contribution is -2.58. The number of carbonyl (C=O) groups excluding carboxylic acids is 1. The third-order valence-electron chi connectivity index (χ3n) is 6.76. The first-order chi connectivity index (χ1) is 14.6. The Labute approximate surface area is 179 Å². The first-order valence-electron chi connectivity index (χ1n) is 11.6. The van der Waals surface area contributed by atoms with E-state index in [2.05, 4.69) is 20.4 Å². The Kier molecular flexibility index (Phi) is 6.82. The molecule has 1 amide bonds. The van der Waals surface area contributed by atoms with E-state index in [9.17, 15) is 4.79 Å². The van der Waals surface area contributed by atoms with Crippen molar-refractivity contribution in [2.24, 2.45) is 0 Å². The van der Waals surface area contributed by atoms with Gasteiger partial charge in [0.1, 0.15) is 0 Å². The Morgan fingerprint density at radius 2 is 1.73 bits per heavy atom. The van der Waals surface area contributed by atoms with Crippen molar-refractivity contribution in [1.82, 2.24) is 20.4 Å². The lowest BCUT2D eigenvalue weighted by molar-refractivity contribution is -0.122. The number of nitrogens with one attached hydrogen (secondary N) is 1. The molecule has 1 aromatic heterocycles. The lowest BCUT2D eigenvalue weighted by atomic mass is 9.79. The Balaban J connectivity index is 1.29. The van der Waals surface area contributed by atoms with E-state index >= 15 is 0 Å². The molecule has 2 aromatic rings. The summed E-state index contributed by atoms with van der Waals surface area (Å²) < 4.78 is 5.76. The van der Waals surface area contributed by atoms with Crippen LogP contribution in [-0.4, -0.2) is 46.2 Å². The van der Waals surface area contributed by atoms with Crippen LogP contribution in [0.25, 0.3) is 11.5 Å². The number of rotatable bonds is 7. The molecule has 0 atom stereocenters. The molecule has 1 saturated carbocycles. The topological polar surface area (TPSA) is 71.3 Å². The maximum Gasteiger partial charge on any atom is 0.247 e. The molecule has 4 rings (SSSR count). The molecule has 6 nitrogen and oxygen atoms in total. The van der Waals surface area contributed by atoms with Gasteiger partial charge in [-0.15, -0.1) is 10.2 Å². The second-order valence-corrected chi connectivity index (χ2v) is 8.98. The quantitative estimate of drug-likeness (QED) is 0.738. The molecule has 0 unspecified atom stereocenters. The van der Waals surface area contributed by atoms with Gasteiger partial charge in [0, 0.05) is 30.5 Å². The van der Waals surface area contributed by atoms with Crippen LogP contribution in [0.3, 0.4) is 0 Å². The first kappa shape index (κ1) is 21.0. The maximum absolute atomic E-state index is 12.6. The van der Waals surface area contributed by atoms with Gasteiger partial charge in [0.2, 0.25) is 17.7 Å². The smallest absolute Gasteiger partial charge is 0.247 e. The van der Waals surface area contributed by atoms with E-state index < -0.39 is 0 Å². The van der Waals surface area contributed by atoms with Crippen LogP contribution in [-0.2, 0) is 11.2 Å². The Bertz CT molecular complexity index is 818. The average Bonchev–Trinajstić information content (AvgIpc) is 3.27. The minimum absolute atomic E-state index is 0.0760. The summed E-state index contributed by atoms with van der Waals surface area (Å²) >= 11 is 0. The van der Waals surface area contributed by atoms with E-state index in [1.165, 1.54) is 70.0 Å². The molecule has 1 aliphatic carbocycles. The molecule has 1 aromatic carbocycles.